The molecule has 1 N–H and O–H groups in total. The van der Waals surface area contributed by atoms with E-state index in [2.05, 4.69) is 13.0 Å². The minimum absolute atomic E-state index is 0.0536. The van der Waals surface area contributed by atoms with Gasteiger partial charge in [-0.3, -0.25) is 0 Å². The van der Waals surface area contributed by atoms with Crippen molar-refractivity contribution in [2.24, 2.45) is 0 Å². The summed E-state index contributed by atoms with van der Waals surface area (Å²) in [4.78, 5) is 0. The van der Waals surface area contributed by atoms with Crippen LogP contribution in [0.4, 0.5) is 0 Å². The van der Waals surface area contributed by atoms with Crippen LogP contribution in [0.5, 0.6) is 5.75 Å². The van der Waals surface area contributed by atoms with Crippen LogP contribution in [0, 0.1) is 6.07 Å². The maximum Gasteiger partial charge on any atom is 0.120 e. The summed E-state index contributed by atoms with van der Waals surface area (Å²) in [7, 11) is 0. The number of aliphatic hydroxyl groups is 1. The van der Waals surface area contributed by atoms with Crippen molar-refractivity contribution >= 4 is 0 Å². The number of aliphatic hydroxyl groups excluding tert-OH is 1. The van der Waals surface area contributed by atoms with Gasteiger partial charge < -0.3 is 9.84 Å². The van der Waals surface area contributed by atoms with Crippen LogP contribution in [-0.2, 0) is 6.42 Å². The summed E-state index contributed by atoms with van der Waals surface area (Å²) in [5, 5.41) is 8.57. The highest BCUT2D eigenvalue weighted by atomic mass is 16.5. The lowest BCUT2D eigenvalue weighted by Crippen LogP contribution is -2.01. The molecule has 0 aliphatic rings. The lowest BCUT2D eigenvalue weighted by Gasteiger charge is -2.05. The highest BCUT2D eigenvalue weighted by molar-refractivity contribution is 5.27. The van der Waals surface area contributed by atoms with Gasteiger partial charge in [0.1, 0.15) is 12.4 Å². The van der Waals surface area contributed by atoms with Gasteiger partial charge in [0.2, 0.25) is 0 Å². The molecule has 1 aromatic rings. The summed E-state index contributed by atoms with van der Waals surface area (Å²) in [5.74, 6) is 0.792. The summed E-state index contributed by atoms with van der Waals surface area (Å²) in [6.07, 6.45) is 2.17. The minimum Gasteiger partial charge on any atom is -0.491 e. The Bertz CT molecular complexity index is 246. The van der Waals surface area contributed by atoms with Gasteiger partial charge in [0.25, 0.3) is 0 Å². The first-order chi connectivity index (χ1) is 6.36. The highest BCUT2D eigenvalue weighted by Crippen LogP contribution is 2.13. The Labute approximate surface area is 79.2 Å². The van der Waals surface area contributed by atoms with E-state index in [0.717, 1.165) is 18.6 Å². The van der Waals surface area contributed by atoms with E-state index in [1.807, 2.05) is 12.1 Å². The van der Waals surface area contributed by atoms with E-state index in [1.54, 1.807) is 6.07 Å². The summed E-state index contributed by atoms with van der Waals surface area (Å²) < 4.78 is 5.26. The van der Waals surface area contributed by atoms with Crippen molar-refractivity contribution in [1.82, 2.24) is 0 Å². The predicted molar refractivity (Wildman–Crippen MR) is 51.9 cm³/mol. The molecule has 0 spiro atoms. The third-order valence-electron chi connectivity index (χ3n) is 1.72. The van der Waals surface area contributed by atoms with Crippen LogP contribution in [0.3, 0.4) is 0 Å². The minimum atomic E-state index is 0.0536. The Morgan fingerprint density at radius 1 is 1.46 bits per heavy atom. The summed E-state index contributed by atoms with van der Waals surface area (Å²) in [6, 6.07) is 8.77. The Kier molecular flexibility index (Phi) is 4.33. The number of hydrogen-bond acceptors (Lipinski definition) is 2. The molecule has 0 atom stereocenters. The van der Waals surface area contributed by atoms with Gasteiger partial charge in [-0.05, 0) is 30.2 Å². The molecule has 0 saturated carbocycles. The molecule has 0 saturated heterocycles. The Morgan fingerprint density at radius 2 is 2.31 bits per heavy atom. The Hall–Kier alpha value is -1.02. The summed E-state index contributed by atoms with van der Waals surface area (Å²) in [5.41, 5.74) is 1.23. The number of rotatable bonds is 5. The zero-order chi connectivity index (χ0) is 9.52. The van der Waals surface area contributed by atoms with E-state index >= 15 is 0 Å². The smallest absolute Gasteiger partial charge is 0.120 e. The van der Waals surface area contributed by atoms with Crippen molar-refractivity contribution in [2.45, 2.75) is 19.8 Å². The van der Waals surface area contributed by atoms with Crippen LogP contribution in [0.2, 0.25) is 0 Å². The molecule has 0 bridgehead atoms. The maximum atomic E-state index is 8.57. The molecule has 71 valence electrons. The molecular formula is C11H15O2. The van der Waals surface area contributed by atoms with Crippen molar-refractivity contribution in [3.63, 3.8) is 0 Å². The van der Waals surface area contributed by atoms with Crippen molar-refractivity contribution in [3.8, 4) is 5.75 Å². The lowest BCUT2D eigenvalue weighted by molar-refractivity contribution is 0.201. The van der Waals surface area contributed by atoms with Crippen LogP contribution >= 0.6 is 0 Å². The SMILES string of the molecule is CCCc1c[c]cc(OCCO)c1. The molecule has 0 aromatic heterocycles. The fraction of sp³-hybridized carbons (Fsp3) is 0.455. The first kappa shape index (κ1) is 10.1. The average Bonchev–Trinajstić information content (AvgIpc) is 2.16. The van der Waals surface area contributed by atoms with Gasteiger partial charge >= 0.3 is 0 Å². The zero-order valence-electron chi connectivity index (χ0n) is 7.92. The van der Waals surface area contributed by atoms with E-state index in [1.165, 1.54) is 5.56 Å². The molecule has 1 rings (SSSR count). The van der Waals surface area contributed by atoms with E-state index in [4.69, 9.17) is 9.84 Å². The third-order valence-corrected chi connectivity index (χ3v) is 1.72. The second kappa shape index (κ2) is 5.60. The van der Waals surface area contributed by atoms with E-state index in [0.29, 0.717) is 6.61 Å². The Balaban J connectivity index is 2.56. The molecule has 0 heterocycles. The lowest BCUT2D eigenvalue weighted by atomic mass is 10.1. The summed E-state index contributed by atoms with van der Waals surface area (Å²) in [6.45, 7) is 2.54. The molecule has 13 heavy (non-hydrogen) atoms. The molecule has 0 aliphatic carbocycles. The first-order valence-electron chi connectivity index (χ1n) is 4.60. The van der Waals surface area contributed by atoms with Crippen molar-refractivity contribution < 1.29 is 9.84 Å². The van der Waals surface area contributed by atoms with Gasteiger partial charge in [-0.1, -0.05) is 19.4 Å². The predicted octanol–water partition coefficient (Wildman–Crippen LogP) is 1.81. The molecule has 0 unspecified atom stereocenters. The van der Waals surface area contributed by atoms with E-state index in [-0.39, 0.29) is 6.61 Å². The quantitative estimate of drug-likeness (QED) is 0.747. The van der Waals surface area contributed by atoms with Gasteiger partial charge in [0.15, 0.2) is 0 Å². The molecule has 0 fully saturated rings. The van der Waals surface area contributed by atoms with E-state index in [9.17, 15) is 0 Å². The van der Waals surface area contributed by atoms with Crippen LogP contribution in [0.1, 0.15) is 18.9 Å². The number of ether oxygens (including phenoxy) is 1. The van der Waals surface area contributed by atoms with Gasteiger partial charge in [-0.15, -0.1) is 0 Å². The fourth-order valence-electron chi connectivity index (χ4n) is 1.18. The monoisotopic (exact) mass is 179 g/mol. The molecule has 2 nitrogen and oxygen atoms in total. The van der Waals surface area contributed by atoms with Crippen LogP contribution in [0.25, 0.3) is 0 Å². The molecular weight excluding hydrogens is 164 g/mol. The molecule has 1 aromatic carbocycles. The normalized spacial score (nSPS) is 10.0. The largest absolute Gasteiger partial charge is 0.491 e. The molecule has 0 amide bonds. The van der Waals surface area contributed by atoms with E-state index < -0.39 is 0 Å². The molecule has 0 aliphatic heterocycles. The fourth-order valence-corrected chi connectivity index (χ4v) is 1.18. The topological polar surface area (TPSA) is 29.5 Å². The standard InChI is InChI=1S/C11H15O2/c1-2-4-10-5-3-6-11(9-10)13-8-7-12/h5-6,9,12H,2,4,7-8H2,1H3. The zero-order valence-corrected chi connectivity index (χ0v) is 7.92. The highest BCUT2D eigenvalue weighted by Gasteiger charge is 1.95. The number of aryl methyl sites for hydroxylation is 1. The maximum absolute atomic E-state index is 8.57. The number of benzene rings is 1. The van der Waals surface area contributed by atoms with Crippen molar-refractivity contribution in [1.29, 1.82) is 0 Å². The van der Waals surface area contributed by atoms with Crippen LogP contribution in [-0.4, -0.2) is 18.3 Å². The van der Waals surface area contributed by atoms with Gasteiger partial charge in [0, 0.05) is 0 Å². The molecule has 2 heteroatoms. The average molecular weight is 179 g/mol. The second-order valence-corrected chi connectivity index (χ2v) is 2.90. The Morgan fingerprint density at radius 3 is 3.00 bits per heavy atom. The van der Waals surface area contributed by atoms with Crippen LogP contribution < -0.4 is 4.74 Å². The summed E-state index contributed by atoms with van der Waals surface area (Å²) >= 11 is 0. The third kappa shape index (κ3) is 3.47. The van der Waals surface area contributed by atoms with Crippen molar-refractivity contribution in [2.75, 3.05) is 13.2 Å². The second-order valence-electron chi connectivity index (χ2n) is 2.90. The van der Waals surface area contributed by atoms with Gasteiger partial charge in [-0.25, -0.2) is 0 Å². The number of hydrogen-bond donors (Lipinski definition) is 1. The van der Waals surface area contributed by atoms with Crippen LogP contribution in [0.15, 0.2) is 18.2 Å². The van der Waals surface area contributed by atoms with Gasteiger partial charge in [-0.2, -0.15) is 0 Å². The molecule has 1 radical (unpaired) electrons. The van der Waals surface area contributed by atoms with Crippen molar-refractivity contribution in [3.05, 3.63) is 29.8 Å². The first-order valence-corrected chi connectivity index (χ1v) is 4.60. The van der Waals surface area contributed by atoms with Gasteiger partial charge in [0.05, 0.1) is 6.61 Å².